The van der Waals surface area contributed by atoms with Crippen LogP contribution in [0.5, 0.6) is 0 Å². The second kappa shape index (κ2) is 15.0. The van der Waals surface area contributed by atoms with Gasteiger partial charge in [0.1, 0.15) is 0 Å². The second-order valence-corrected chi connectivity index (χ2v) is 12.8. The molecule has 7 nitrogen and oxygen atoms in total. The normalized spacial score (nSPS) is 11.7. The maximum absolute atomic E-state index is 13.6. The average Bonchev–Trinajstić information content (AvgIpc) is 3.33. The predicted molar refractivity (Wildman–Crippen MR) is 157 cm³/mol. The summed E-state index contributed by atoms with van der Waals surface area (Å²) in [5.74, 6) is -0.215. The van der Waals surface area contributed by atoms with Crippen molar-refractivity contribution in [3.8, 4) is 0 Å². The number of halogens is 2. The monoisotopic (exact) mass is 667 g/mol. The molecular weight excluding hydrogens is 634 g/mol. The Labute approximate surface area is 243 Å². The number of hydrogen-bond acceptors (Lipinski definition) is 4. The Morgan fingerprint density at radius 1 is 0.947 bits per heavy atom. The van der Waals surface area contributed by atoms with Crippen LogP contribution in [-0.4, -0.2) is 61.4 Å². The van der Waals surface area contributed by atoms with Gasteiger partial charge in [0.2, 0.25) is 15.9 Å². The van der Waals surface area contributed by atoms with Gasteiger partial charge in [0.05, 0.1) is 18.0 Å². The van der Waals surface area contributed by atoms with Crippen LogP contribution in [0.3, 0.4) is 0 Å². The minimum absolute atomic E-state index is 0.161. The van der Waals surface area contributed by atoms with Crippen LogP contribution in [0.2, 0.25) is 0 Å². The molecular formula is C28H35Br2N3O4S. The zero-order valence-corrected chi connectivity index (χ0v) is 25.8. The van der Waals surface area contributed by atoms with Crippen molar-refractivity contribution < 1.29 is 17.9 Å². The number of aromatic nitrogens is 1. The molecule has 0 bridgehead atoms. The minimum Gasteiger partial charge on any atom is -0.385 e. The van der Waals surface area contributed by atoms with Crippen LogP contribution in [0, 0.1) is 0 Å². The van der Waals surface area contributed by atoms with Gasteiger partial charge in [-0.05, 0) is 66.9 Å². The van der Waals surface area contributed by atoms with E-state index in [2.05, 4.69) is 55.5 Å². The van der Waals surface area contributed by atoms with Crippen LogP contribution >= 0.6 is 31.9 Å². The first-order valence-corrected chi connectivity index (χ1v) is 15.7. The molecule has 0 atom stereocenters. The van der Waals surface area contributed by atoms with E-state index in [0.717, 1.165) is 33.0 Å². The van der Waals surface area contributed by atoms with E-state index in [0.29, 0.717) is 32.7 Å². The molecule has 0 aliphatic heterocycles. The fourth-order valence-corrected chi connectivity index (χ4v) is 6.00. The number of hydrogen-bond donors (Lipinski definition) is 0. The third-order valence-corrected chi connectivity index (χ3v) is 9.11. The van der Waals surface area contributed by atoms with E-state index < -0.39 is 10.0 Å². The van der Waals surface area contributed by atoms with E-state index in [1.807, 2.05) is 30.5 Å². The fourth-order valence-electron chi connectivity index (χ4n) is 4.05. The first-order chi connectivity index (χ1) is 18.2. The summed E-state index contributed by atoms with van der Waals surface area (Å²) in [7, 11) is -2.28. The number of benzene rings is 2. The van der Waals surface area contributed by atoms with Crippen LogP contribution in [0.15, 0.2) is 80.7 Å². The molecule has 206 valence electrons. The van der Waals surface area contributed by atoms with Crippen LogP contribution in [-0.2, 0) is 32.6 Å². The first kappa shape index (κ1) is 30.6. The SMILES string of the molecule is CCCCN(Cc1cccn1Cc1ccc(Br)cc1)C(=O)CN(CCCOC)S(=O)(=O)c1ccc(Br)cc1. The van der Waals surface area contributed by atoms with Gasteiger partial charge in [0.25, 0.3) is 0 Å². The Balaban J connectivity index is 1.80. The zero-order valence-electron chi connectivity index (χ0n) is 21.9. The van der Waals surface area contributed by atoms with E-state index in [-0.39, 0.29) is 23.9 Å². The number of nitrogens with zero attached hydrogens (tertiary/aromatic N) is 3. The summed E-state index contributed by atoms with van der Waals surface area (Å²) in [5.41, 5.74) is 2.15. The molecule has 0 aliphatic rings. The molecule has 0 unspecified atom stereocenters. The van der Waals surface area contributed by atoms with Crippen LogP contribution in [0.1, 0.15) is 37.4 Å². The third kappa shape index (κ3) is 8.77. The molecule has 0 saturated carbocycles. The highest BCUT2D eigenvalue weighted by atomic mass is 79.9. The number of methoxy groups -OCH3 is 1. The lowest BCUT2D eigenvalue weighted by Crippen LogP contribution is -2.43. The Morgan fingerprint density at radius 3 is 2.24 bits per heavy atom. The number of unbranched alkanes of at least 4 members (excludes halogenated alkanes) is 1. The van der Waals surface area contributed by atoms with Gasteiger partial charge in [-0.15, -0.1) is 0 Å². The third-order valence-electron chi connectivity index (χ3n) is 6.20. The molecule has 0 N–H and O–H groups in total. The molecule has 38 heavy (non-hydrogen) atoms. The number of ether oxygens (including phenoxy) is 1. The summed E-state index contributed by atoms with van der Waals surface area (Å²) < 4.78 is 37.4. The summed E-state index contributed by atoms with van der Waals surface area (Å²) in [6.07, 6.45) is 4.26. The molecule has 0 fully saturated rings. The molecule has 10 heteroatoms. The van der Waals surface area contributed by atoms with Gasteiger partial charge >= 0.3 is 0 Å². The quantitative estimate of drug-likeness (QED) is 0.189. The Kier molecular flexibility index (Phi) is 12.0. The van der Waals surface area contributed by atoms with E-state index in [1.54, 1.807) is 36.3 Å². The molecule has 3 rings (SSSR count). The van der Waals surface area contributed by atoms with Crippen molar-refractivity contribution in [2.24, 2.45) is 0 Å². The zero-order chi connectivity index (χ0) is 27.5. The number of amides is 1. The maximum atomic E-state index is 13.6. The lowest BCUT2D eigenvalue weighted by Gasteiger charge is -2.28. The van der Waals surface area contributed by atoms with Crippen LogP contribution < -0.4 is 0 Å². The summed E-state index contributed by atoms with van der Waals surface area (Å²) in [6.45, 7) is 4.11. The smallest absolute Gasteiger partial charge is 0.243 e. The minimum atomic E-state index is -3.86. The summed E-state index contributed by atoms with van der Waals surface area (Å²) in [6, 6.07) is 18.6. The standard InChI is InChI=1S/C28H35Br2N3O4S/c1-3-4-16-32(21-26-7-5-17-31(26)20-23-8-10-24(29)11-9-23)28(34)22-33(18-6-19-37-2)38(35,36)27-14-12-25(30)13-15-27/h5,7-15,17H,3-4,6,16,18-22H2,1-2H3. The van der Waals surface area contributed by atoms with Crippen molar-refractivity contribution in [1.82, 2.24) is 13.8 Å². The molecule has 0 radical (unpaired) electrons. The van der Waals surface area contributed by atoms with Crippen LogP contribution in [0.4, 0.5) is 0 Å². The first-order valence-electron chi connectivity index (χ1n) is 12.7. The Hall–Kier alpha value is -1.98. The van der Waals surface area contributed by atoms with Crippen molar-refractivity contribution in [2.45, 2.75) is 44.2 Å². The molecule has 0 saturated heterocycles. The molecule has 0 spiro atoms. The van der Waals surface area contributed by atoms with Gasteiger partial charge in [-0.25, -0.2) is 8.42 Å². The molecule has 1 heterocycles. The summed E-state index contributed by atoms with van der Waals surface area (Å²) >= 11 is 6.83. The highest BCUT2D eigenvalue weighted by Crippen LogP contribution is 2.20. The van der Waals surface area contributed by atoms with Gasteiger partial charge in [-0.2, -0.15) is 4.31 Å². The number of rotatable bonds is 15. The van der Waals surface area contributed by atoms with Gasteiger partial charge in [0, 0.05) is 54.2 Å². The van der Waals surface area contributed by atoms with Gasteiger partial charge in [-0.3, -0.25) is 4.79 Å². The van der Waals surface area contributed by atoms with Crippen molar-refractivity contribution in [3.63, 3.8) is 0 Å². The topological polar surface area (TPSA) is 71.9 Å². The molecule has 2 aromatic carbocycles. The molecule has 3 aromatic rings. The van der Waals surface area contributed by atoms with Crippen molar-refractivity contribution in [3.05, 3.63) is 87.1 Å². The highest BCUT2D eigenvalue weighted by molar-refractivity contribution is 9.10. The number of carbonyl (C=O) groups excluding carboxylic acids is 1. The lowest BCUT2D eigenvalue weighted by atomic mass is 10.2. The fraction of sp³-hybridized carbons (Fsp3) is 0.393. The summed E-state index contributed by atoms with van der Waals surface area (Å²) in [4.78, 5) is 15.6. The Morgan fingerprint density at radius 2 is 1.61 bits per heavy atom. The molecule has 1 amide bonds. The van der Waals surface area contributed by atoms with Crippen LogP contribution in [0.25, 0.3) is 0 Å². The van der Waals surface area contributed by atoms with Gasteiger partial charge in [-0.1, -0.05) is 57.3 Å². The summed E-state index contributed by atoms with van der Waals surface area (Å²) in [5, 5.41) is 0. The number of sulfonamides is 1. The van der Waals surface area contributed by atoms with Gasteiger partial charge < -0.3 is 14.2 Å². The largest absolute Gasteiger partial charge is 0.385 e. The second-order valence-electron chi connectivity index (χ2n) is 9.06. The Bertz CT molecular complexity index is 1260. The number of carbonyl (C=O) groups is 1. The van der Waals surface area contributed by atoms with Crippen molar-refractivity contribution in [1.29, 1.82) is 0 Å². The predicted octanol–water partition coefficient (Wildman–Crippen LogP) is 5.92. The van der Waals surface area contributed by atoms with Gasteiger partial charge in [0.15, 0.2) is 0 Å². The van der Waals surface area contributed by atoms with Crippen molar-refractivity contribution >= 4 is 47.8 Å². The molecule has 1 aromatic heterocycles. The van der Waals surface area contributed by atoms with E-state index in [9.17, 15) is 13.2 Å². The van der Waals surface area contributed by atoms with E-state index in [4.69, 9.17) is 4.74 Å². The maximum Gasteiger partial charge on any atom is 0.243 e. The van der Waals surface area contributed by atoms with E-state index in [1.165, 1.54) is 4.31 Å². The van der Waals surface area contributed by atoms with Crippen molar-refractivity contribution in [2.75, 3.05) is 33.4 Å². The van der Waals surface area contributed by atoms with E-state index >= 15 is 0 Å². The average molecular weight is 669 g/mol. The highest BCUT2D eigenvalue weighted by Gasteiger charge is 2.28. The molecule has 0 aliphatic carbocycles. The lowest BCUT2D eigenvalue weighted by molar-refractivity contribution is -0.132.